The Kier molecular flexibility index (Phi) is 5.24. The highest BCUT2D eigenvalue weighted by molar-refractivity contribution is 5.75. The minimum Gasteiger partial charge on any atom is -0.421 e. The number of fused-ring (bicyclic) bond motifs is 1. The lowest BCUT2D eigenvalue weighted by atomic mass is 10.2. The van der Waals surface area contributed by atoms with Crippen LogP contribution in [0.5, 0.6) is 0 Å². The number of aromatic nitrogens is 8. The third kappa shape index (κ3) is 3.64. The van der Waals surface area contributed by atoms with Gasteiger partial charge in [0.05, 0.1) is 18.4 Å². The number of hydrogen-bond donors (Lipinski definition) is 2. The van der Waals surface area contributed by atoms with Gasteiger partial charge in [-0.05, 0) is 18.6 Å². The van der Waals surface area contributed by atoms with Crippen LogP contribution in [-0.2, 0) is 20.0 Å². The van der Waals surface area contributed by atoms with Crippen LogP contribution in [-0.4, -0.2) is 34.5 Å². The van der Waals surface area contributed by atoms with Crippen LogP contribution >= 0.6 is 0 Å². The molecule has 4 heterocycles. The van der Waals surface area contributed by atoms with Crippen LogP contribution in [0.4, 0.5) is 11.6 Å². The van der Waals surface area contributed by atoms with E-state index in [4.69, 9.17) is 20.9 Å². The van der Waals surface area contributed by atoms with Crippen molar-refractivity contribution in [1.29, 1.82) is 0 Å². The van der Waals surface area contributed by atoms with Crippen molar-refractivity contribution in [2.24, 2.45) is 7.05 Å². The molecular formula is C22H23N10O2+. The molecule has 5 rings (SSSR count). The maximum atomic E-state index is 13.3. The molecular weight excluding hydrogens is 436 g/mol. The summed E-state index contributed by atoms with van der Waals surface area (Å²) >= 11 is 0. The Morgan fingerprint density at radius 1 is 1.15 bits per heavy atom. The van der Waals surface area contributed by atoms with Crippen LogP contribution in [0.15, 0.2) is 52.1 Å². The average Bonchev–Trinajstić information content (AvgIpc) is 3.42. The molecule has 0 spiro atoms. The summed E-state index contributed by atoms with van der Waals surface area (Å²) < 4.78 is 10.5. The molecule has 4 aromatic heterocycles. The topological polar surface area (TPSA) is 160 Å². The van der Waals surface area contributed by atoms with Gasteiger partial charge in [0.2, 0.25) is 23.9 Å². The molecule has 12 nitrogen and oxygen atoms in total. The summed E-state index contributed by atoms with van der Waals surface area (Å²) in [4.78, 5) is 22.3. The highest BCUT2D eigenvalue weighted by Crippen LogP contribution is 2.26. The van der Waals surface area contributed by atoms with Crippen molar-refractivity contribution in [2.75, 3.05) is 11.5 Å². The minimum atomic E-state index is -0.158. The normalized spacial score (nSPS) is 11.4. The number of anilines is 2. The molecule has 172 valence electrons. The van der Waals surface area contributed by atoms with Crippen LogP contribution in [0.3, 0.4) is 0 Å². The quantitative estimate of drug-likeness (QED) is 0.352. The molecule has 12 heteroatoms. The van der Waals surface area contributed by atoms with Crippen molar-refractivity contribution in [1.82, 2.24) is 34.5 Å². The Labute approximate surface area is 193 Å². The maximum Gasteiger partial charge on any atom is 0.269 e. The summed E-state index contributed by atoms with van der Waals surface area (Å²) in [6.45, 7) is 2.19. The van der Waals surface area contributed by atoms with E-state index in [-0.39, 0.29) is 17.3 Å². The second-order valence-electron chi connectivity index (χ2n) is 7.82. The van der Waals surface area contributed by atoms with Gasteiger partial charge >= 0.3 is 0 Å². The number of nitrogens with two attached hydrogens (primary N) is 2. The zero-order valence-corrected chi connectivity index (χ0v) is 18.7. The van der Waals surface area contributed by atoms with Gasteiger partial charge in [-0.3, -0.25) is 14.0 Å². The summed E-state index contributed by atoms with van der Waals surface area (Å²) in [5.74, 6) is 1.82. The van der Waals surface area contributed by atoms with E-state index in [0.717, 1.165) is 5.69 Å². The monoisotopic (exact) mass is 459 g/mol. The molecule has 34 heavy (non-hydrogen) atoms. The Morgan fingerprint density at radius 2 is 1.94 bits per heavy atom. The van der Waals surface area contributed by atoms with Gasteiger partial charge in [0.15, 0.2) is 11.2 Å². The predicted octanol–water partition coefficient (Wildman–Crippen LogP) is 0.957. The second-order valence-corrected chi connectivity index (χ2v) is 7.82. The van der Waals surface area contributed by atoms with Gasteiger partial charge in [-0.1, -0.05) is 23.2 Å². The molecule has 0 fully saturated rings. The molecule has 0 saturated heterocycles. The molecule has 0 unspecified atom stereocenters. The van der Waals surface area contributed by atoms with Gasteiger partial charge in [-0.2, -0.15) is 5.10 Å². The van der Waals surface area contributed by atoms with Crippen molar-refractivity contribution in [2.45, 2.75) is 26.3 Å². The maximum absolute atomic E-state index is 13.3. The van der Waals surface area contributed by atoms with Crippen LogP contribution < -0.4 is 21.6 Å². The fourth-order valence-electron chi connectivity index (χ4n) is 3.87. The van der Waals surface area contributed by atoms with E-state index in [1.54, 1.807) is 40.3 Å². The standard InChI is InChI=1S/C22H22N10O2/c1-13-28-29-21(34-13)17-18(23)25-12-31(19(17)24)10-6-9-16-27-20-15(11-26-30(20)2)22(33)32(16)14-7-4-3-5-8-14/h3-5,7-8,11-12H,6,9-10H2,1-2H3,(H3,23,24,29)/p+1. The van der Waals surface area contributed by atoms with E-state index in [1.165, 1.54) is 0 Å². The first-order valence-electron chi connectivity index (χ1n) is 10.7. The largest absolute Gasteiger partial charge is 0.421 e. The number of para-hydroxylation sites is 1. The van der Waals surface area contributed by atoms with Crippen molar-refractivity contribution >= 4 is 22.7 Å². The number of aryl methyl sites for hydroxylation is 4. The third-order valence-electron chi connectivity index (χ3n) is 5.55. The highest BCUT2D eigenvalue weighted by Gasteiger charge is 2.23. The summed E-state index contributed by atoms with van der Waals surface area (Å²) in [5.41, 5.74) is 13.9. The lowest BCUT2D eigenvalue weighted by Gasteiger charge is -2.13. The summed E-state index contributed by atoms with van der Waals surface area (Å²) in [5, 5.41) is 12.5. The predicted molar refractivity (Wildman–Crippen MR) is 124 cm³/mol. The Balaban J connectivity index is 1.47. The van der Waals surface area contributed by atoms with Crippen LogP contribution in [0.1, 0.15) is 18.1 Å². The molecule has 0 saturated carbocycles. The molecule has 5 aromatic rings. The Bertz CT molecular complexity index is 1550. The first-order valence-corrected chi connectivity index (χ1v) is 10.7. The Hall–Kier alpha value is -4.61. The van der Waals surface area contributed by atoms with Crippen molar-refractivity contribution in [3.8, 4) is 17.1 Å². The third-order valence-corrected chi connectivity index (χ3v) is 5.55. The molecule has 0 aliphatic heterocycles. The fourth-order valence-corrected chi connectivity index (χ4v) is 3.87. The number of hydrogen-bond acceptors (Lipinski definition) is 9. The number of nitrogen functional groups attached to an aromatic ring is 2. The van der Waals surface area contributed by atoms with E-state index < -0.39 is 0 Å². The lowest BCUT2D eigenvalue weighted by Crippen LogP contribution is -2.39. The second kappa shape index (κ2) is 8.39. The first-order chi connectivity index (χ1) is 16.4. The minimum absolute atomic E-state index is 0.158. The lowest BCUT2D eigenvalue weighted by molar-refractivity contribution is -0.685. The SMILES string of the molecule is Cc1nnc(-c2c(N)nc[n+](CCCc3nc4c(cnn4C)c(=O)n3-c3ccccc3)c2N)o1. The highest BCUT2D eigenvalue weighted by atomic mass is 16.4. The fraction of sp³-hybridized carbons (Fsp3) is 0.227. The van der Waals surface area contributed by atoms with E-state index in [1.807, 2.05) is 30.3 Å². The molecule has 0 radical (unpaired) electrons. The summed E-state index contributed by atoms with van der Waals surface area (Å²) in [6.07, 6.45) is 4.26. The zero-order valence-electron chi connectivity index (χ0n) is 18.7. The molecule has 0 aliphatic carbocycles. The number of rotatable bonds is 6. The van der Waals surface area contributed by atoms with E-state index in [9.17, 15) is 4.79 Å². The van der Waals surface area contributed by atoms with Crippen molar-refractivity contribution in [3.63, 3.8) is 0 Å². The van der Waals surface area contributed by atoms with Gasteiger partial charge in [0.1, 0.15) is 11.2 Å². The Morgan fingerprint density at radius 3 is 2.68 bits per heavy atom. The van der Waals surface area contributed by atoms with E-state index in [2.05, 4.69) is 20.3 Å². The molecule has 0 bridgehead atoms. The zero-order chi connectivity index (χ0) is 23.8. The van der Waals surface area contributed by atoms with E-state index in [0.29, 0.717) is 53.5 Å². The van der Waals surface area contributed by atoms with Gasteiger partial charge in [0, 0.05) is 20.4 Å². The summed E-state index contributed by atoms with van der Waals surface area (Å²) in [7, 11) is 1.77. The van der Waals surface area contributed by atoms with Gasteiger partial charge in [0.25, 0.3) is 11.4 Å². The van der Waals surface area contributed by atoms with E-state index >= 15 is 0 Å². The molecule has 0 atom stereocenters. The smallest absolute Gasteiger partial charge is 0.269 e. The molecule has 1 aromatic carbocycles. The van der Waals surface area contributed by atoms with Gasteiger partial charge < -0.3 is 15.9 Å². The van der Waals surface area contributed by atoms with Crippen LogP contribution in [0.2, 0.25) is 0 Å². The number of benzene rings is 1. The van der Waals surface area contributed by atoms with Crippen molar-refractivity contribution < 1.29 is 8.98 Å². The molecule has 0 aliphatic rings. The summed E-state index contributed by atoms with van der Waals surface area (Å²) in [6, 6.07) is 9.43. The average molecular weight is 459 g/mol. The van der Waals surface area contributed by atoms with Gasteiger partial charge in [-0.25, -0.2) is 9.55 Å². The van der Waals surface area contributed by atoms with Crippen LogP contribution in [0, 0.1) is 6.92 Å². The molecule has 4 N–H and O–H groups in total. The molecule has 0 amide bonds. The van der Waals surface area contributed by atoms with Gasteiger partial charge in [-0.15, -0.1) is 10.2 Å². The first kappa shape index (κ1) is 21.2. The number of nitrogens with zero attached hydrogens (tertiary/aromatic N) is 8. The van der Waals surface area contributed by atoms with Crippen molar-refractivity contribution in [3.05, 3.63) is 64.9 Å². The van der Waals surface area contributed by atoms with Crippen LogP contribution in [0.25, 0.3) is 28.2 Å².